The van der Waals surface area contributed by atoms with Gasteiger partial charge >= 0.3 is 7.82 Å². The Morgan fingerprint density at radius 3 is 2.38 bits per heavy atom. The van der Waals surface area contributed by atoms with E-state index in [4.69, 9.17) is 4.89 Å². The molecule has 0 aromatic heterocycles. The van der Waals surface area contributed by atoms with Crippen molar-refractivity contribution in [1.82, 2.24) is 0 Å². The summed E-state index contributed by atoms with van der Waals surface area (Å²) in [5, 5.41) is 0. The predicted molar refractivity (Wildman–Crippen MR) is 51.6 cm³/mol. The Morgan fingerprint density at radius 1 is 1.38 bits per heavy atom. The topological polar surface area (TPSA) is 55.8 Å². The molecule has 1 aromatic carbocycles. The Bertz CT molecular complexity index is 324. The highest BCUT2D eigenvalue weighted by molar-refractivity contribution is 9.06. The molecule has 0 fully saturated rings. The lowest BCUT2D eigenvalue weighted by Gasteiger charge is -2.08. The first kappa shape index (κ1) is 10.7. The molecule has 1 rings (SSSR count). The fourth-order valence-corrected chi connectivity index (χ4v) is 1.34. The Morgan fingerprint density at radius 2 is 1.92 bits per heavy atom. The van der Waals surface area contributed by atoms with Crippen LogP contribution in [-0.4, -0.2) is 4.89 Å². The van der Waals surface area contributed by atoms with E-state index in [0.29, 0.717) is 0 Å². The van der Waals surface area contributed by atoms with Gasteiger partial charge in [-0.2, -0.15) is 3.62 Å². The summed E-state index contributed by atoms with van der Waals surface area (Å²) in [6.45, 7) is 1.91. The summed E-state index contributed by atoms with van der Waals surface area (Å²) in [5.74, 6) is 0.288. The van der Waals surface area contributed by atoms with Crippen molar-refractivity contribution in [2.24, 2.45) is 0 Å². The van der Waals surface area contributed by atoms with Crippen LogP contribution in [0, 0.1) is 6.92 Å². The largest absolute Gasteiger partial charge is 0.538 e. The predicted octanol–water partition coefficient (Wildman–Crippen LogP) is 2.80. The summed E-state index contributed by atoms with van der Waals surface area (Å²) in [7, 11) is -3.99. The minimum absolute atomic E-state index is 0.288. The molecule has 1 atom stereocenters. The fraction of sp³-hybridized carbons (Fsp3) is 0.143. The highest BCUT2D eigenvalue weighted by atomic mass is 79.9. The molecule has 0 bridgehead atoms. The van der Waals surface area contributed by atoms with E-state index in [1.807, 2.05) is 6.92 Å². The zero-order valence-electron chi connectivity index (χ0n) is 6.81. The van der Waals surface area contributed by atoms with E-state index in [1.54, 1.807) is 24.3 Å². The lowest BCUT2D eigenvalue weighted by Crippen LogP contribution is -1.90. The van der Waals surface area contributed by atoms with Crippen molar-refractivity contribution in [3.8, 4) is 5.75 Å². The number of hydrogen-bond donors (Lipinski definition) is 1. The van der Waals surface area contributed by atoms with Gasteiger partial charge in [0.25, 0.3) is 0 Å². The van der Waals surface area contributed by atoms with Crippen molar-refractivity contribution in [1.29, 1.82) is 0 Å². The van der Waals surface area contributed by atoms with Crippen LogP contribution in [0.2, 0.25) is 0 Å². The third-order valence-electron chi connectivity index (χ3n) is 1.33. The molecule has 1 aromatic rings. The average Bonchev–Trinajstić information content (AvgIpc) is 2.09. The molecule has 0 aliphatic rings. The molecule has 0 spiro atoms. The number of benzene rings is 1. The summed E-state index contributed by atoms with van der Waals surface area (Å²) in [6.07, 6.45) is 0. The van der Waals surface area contributed by atoms with Crippen molar-refractivity contribution >= 4 is 24.1 Å². The van der Waals surface area contributed by atoms with Crippen LogP contribution in [0.3, 0.4) is 0 Å². The quantitative estimate of drug-likeness (QED) is 0.855. The third-order valence-corrected chi connectivity index (χ3v) is 3.04. The Balaban J connectivity index is 2.75. The Labute approximate surface area is 84.6 Å². The Hall–Kier alpha value is -0.350. The molecule has 0 radical (unpaired) electrons. The zero-order valence-corrected chi connectivity index (χ0v) is 9.29. The summed E-state index contributed by atoms with van der Waals surface area (Å²) in [4.78, 5) is 8.91. The van der Waals surface area contributed by atoms with E-state index in [-0.39, 0.29) is 5.75 Å². The van der Waals surface area contributed by atoms with Crippen molar-refractivity contribution in [2.75, 3.05) is 0 Å². The van der Waals surface area contributed by atoms with Gasteiger partial charge in [-0.05, 0) is 19.1 Å². The van der Waals surface area contributed by atoms with Gasteiger partial charge in [-0.3, -0.25) is 4.89 Å². The monoisotopic (exact) mass is 266 g/mol. The maximum Gasteiger partial charge on any atom is 0.538 e. The van der Waals surface area contributed by atoms with Crippen molar-refractivity contribution < 1.29 is 17.6 Å². The number of aryl methyl sites for hydroxylation is 1. The van der Waals surface area contributed by atoms with Crippen LogP contribution < -0.4 is 4.52 Å². The maximum atomic E-state index is 10.9. The van der Waals surface area contributed by atoms with E-state index >= 15 is 0 Å². The van der Waals surface area contributed by atoms with Crippen LogP contribution in [0.1, 0.15) is 5.56 Å². The molecule has 1 N–H and O–H groups in total. The van der Waals surface area contributed by atoms with Gasteiger partial charge in [-0.15, -0.1) is 0 Å². The van der Waals surface area contributed by atoms with Gasteiger partial charge in [0.15, 0.2) is 0 Å². The SMILES string of the molecule is Cc1ccc(OP(=O)(O)OBr)cc1. The molecular weight excluding hydrogens is 259 g/mol. The van der Waals surface area contributed by atoms with E-state index in [2.05, 4.69) is 24.4 Å². The van der Waals surface area contributed by atoms with Crippen LogP contribution in [0.15, 0.2) is 24.3 Å². The van der Waals surface area contributed by atoms with Gasteiger partial charge in [0.1, 0.15) is 22.0 Å². The molecule has 13 heavy (non-hydrogen) atoms. The van der Waals surface area contributed by atoms with Gasteiger partial charge < -0.3 is 4.52 Å². The highest BCUT2D eigenvalue weighted by Gasteiger charge is 2.21. The molecule has 0 saturated carbocycles. The van der Waals surface area contributed by atoms with Crippen molar-refractivity contribution in [3.05, 3.63) is 29.8 Å². The van der Waals surface area contributed by atoms with Crippen LogP contribution >= 0.6 is 24.1 Å². The first-order valence-electron chi connectivity index (χ1n) is 3.43. The summed E-state index contributed by atoms with van der Waals surface area (Å²) in [6, 6.07) is 6.71. The normalized spacial score (nSPS) is 15.0. The Kier molecular flexibility index (Phi) is 3.50. The first-order chi connectivity index (χ1) is 6.03. The molecule has 1 unspecified atom stereocenters. The lowest BCUT2D eigenvalue weighted by molar-refractivity contribution is 0.311. The molecule has 6 heteroatoms. The molecule has 0 aliphatic heterocycles. The van der Waals surface area contributed by atoms with E-state index in [9.17, 15) is 4.57 Å². The minimum atomic E-state index is -3.99. The summed E-state index contributed by atoms with van der Waals surface area (Å²) in [5.41, 5.74) is 1.04. The maximum absolute atomic E-state index is 10.9. The number of rotatable bonds is 3. The fourth-order valence-electron chi connectivity index (χ4n) is 0.746. The minimum Gasteiger partial charge on any atom is -0.404 e. The van der Waals surface area contributed by atoms with Gasteiger partial charge in [-0.25, -0.2) is 4.57 Å². The summed E-state index contributed by atoms with van der Waals surface area (Å²) >= 11 is 2.40. The van der Waals surface area contributed by atoms with Crippen molar-refractivity contribution in [2.45, 2.75) is 6.92 Å². The second kappa shape index (κ2) is 4.24. The standard InChI is InChI=1S/C7H8BrO4P/c1-6-2-4-7(5-3-6)11-13(9,10)12-8/h2-5H,1H3,(H,9,10). The molecular formula is C7H8BrO4P. The lowest BCUT2D eigenvalue weighted by atomic mass is 10.2. The molecule has 0 aliphatic carbocycles. The van der Waals surface area contributed by atoms with E-state index in [0.717, 1.165) is 5.56 Å². The van der Waals surface area contributed by atoms with Gasteiger partial charge in [0, 0.05) is 0 Å². The number of phosphoric acid groups is 1. The van der Waals surface area contributed by atoms with Crippen LogP contribution in [0.4, 0.5) is 0 Å². The number of hydrogen-bond acceptors (Lipinski definition) is 3. The number of halogens is 1. The van der Waals surface area contributed by atoms with E-state index in [1.165, 1.54) is 0 Å². The first-order valence-corrected chi connectivity index (χ1v) is 5.57. The second-order valence-corrected chi connectivity index (χ2v) is 4.57. The van der Waals surface area contributed by atoms with Crippen LogP contribution in [0.25, 0.3) is 0 Å². The summed E-state index contributed by atoms with van der Waals surface area (Å²) < 4.78 is 19.6. The highest BCUT2D eigenvalue weighted by Crippen LogP contribution is 2.45. The third kappa shape index (κ3) is 3.48. The average molecular weight is 267 g/mol. The molecule has 0 saturated heterocycles. The molecule has 4 nitrogen and oxygen atoms in total. The smallest absolute Gasteiger partial charge is 0.404 e. The van der Waals surface area contributed by atoms with E-state index < -0.39 is 7.82 Å². The van der Waals surface area contributed by atoms with Crippen LogP contribution in [0.5, 0.6) is 5.75 Å². The zero-order chi connectivity index (χ0) is 9.90. The van der Waals surface area contributed by atoms with Crippen LogP contribution in [-0.2, 0) is 8.18 Å². The molecule has 0 heterocycles. The van der Waals surface area contributed by atoms with Gasteiger partial charge in [0.05, 0.1) is 0 Å². The van der Waals surface area contributed by atoms with Gasteiger partial charge in [-0.1, -0.05) is 17.7 Å². The van der Waals surface area contributed by atoms with Gasteiger partial charge in [0.2, 0.25) is 0 Å². The number of phosphoric ester groups is 1. The molecule has 0 amide bonds. The molecule has 72 valence electrons. The second-order valence-electron chi connectivity index (χ2n) is 2.44. The van der Waals surface area contributed by atoms with Crippen molar-refractivity contribution in [3.63, 3.8) is 0 Å².